The highest BCUT2D eigenvalue weighted by Crippen LogP contribution is 2.39. The molecule has 0 saturated heterocycles. The first-order valence-corrected chi connectivity index (χ1v) is 9.31. The molecule has 4 rings (SSSR count). The molecular formula is C22H18F2N6O. The van der Waals surface area contributed by atoms with Gasteiger partial charge in [-0.25, -0.2) is 19.9 Å². The van der Waals surface area contributed by atoms with Crippen LogP contribution in [0.2, 0.25) is 0 Å². The van der Waals surface area contributed by atoms with Crippen LogP contribution in [0, 0.1) is 11.9 Å². The minimum atomic E-state index is -0.994. The van der Waals surface area contributed by atoms with Gasteiger partial charge in [-0.05, 0) is 30.3 Å². The number of ether oxygens (including phenoxy) is 1. The lowest BCUT2D eigenvalue weighted by Crippen LogP contribution is -2.28. The fraction of sp³-hybridized carbons (Fsp3) is 0.0909. The van der Waals surface area contributed by atoms with Crippen LogP contribution < -0.4 is 15.4 Å². The number of anilines is 3. The average molecular weight is 420 g/mol. The Balaban J connectivity index is 1.99. The third-order valence-corrected chi connectivity index (χ3v) is 4.63. The van der Waals surface area contributed by atoms with Gasteiger partial charge < -0.3 is 15.4 Å². The van der Waals surface area contributed by atoms with Gasteiger partial charge in [0.1, 0.15) is 11.6 Å². The van der Waals surface area contributed by atoms with Crippen LogP contribution in [0.15, 0.2) is 73.2 Å². The van der Waals surface area contributed by atoms with E-state index in [0.29, 0.717) is 17.4 Å². The van der Waals surface area contributed by atoms with Crippen LogP contribution in [0.3, 0.4) is 0 Å². The number of pyridine rings is 4. The van der Waals surface area contributed by atoms with E-state index in [0.717, 1.165) is 0 Å². The van der Waals surface area contributed by atoms with Crippen LogP contribution in [-0.2, 0) is 0 Å². The summed E-state index contributed by atoms with van der Waals surface area (Å²) >= 11 is 0. The Bertz CT molecular complexity index is 1140. The van der Waals surface area contributed by atoms with Crippen LogP contribution in [0.5, 0.6) is 5.88 Å². The lowest BCUT2D eigenvalue weighted by Gasteiger charge is -2.33. The van der Waals surface area contributed by atoms with Gasteiger partial charge in [0.25, 0.3) is 0 Å². The highest BCUT2D eigenvalue weighted by molar-refractivity contribution is 5.65. The molecule has 0 aromatic carbocycles. The number of nitrogens with two attached hydrogens (primary N) is 1. The van der Waals surface area contributed by atoms with Gasteiger partial charge in [0.05, 0.1) is 25.0 Å². The third kappa shape index (κ3) is 4.11. The van der Waals surface area contributed by atoms with Crippen LogP contribution in [0.1, 0.15) is 17.2 Å². The molecule has 0 amide bonds. The van der Waals surface area contributed by atoms with Crippen molar-refractivity contribution in [3.63, 3.8) is 0 Å². The summed E-state index contributed by atoms with van der Waals surface area (Å²) in [6, 6.07) is 13.6. The summed E-state index contributed by atoms with van der Waals surface area (Å²) in [5, 5.41) is 0. The molecule has 7 nitrogen and oxygen atoms in total. The lowest BCUT2D eigenvalue weighted by atomic mass is 9.98. The van der Waals surface area contributed by atoms with Gasteiger partial charge in [0, 0.05) is 29.6 Å². The van der Waals surface area contributed by atoms with Crippen molar-refractivity contribution < 1.29 is 13.5 Å². The molecule has 2 N–H and O–H groups in total. The zero-order valence-electron chi connectivity index (χ0n) is 16.5. The first kappa shape index (κ1) is 20.1. The molecular weight excluding hydrogens is 402 g/mol. The van der Waals surface area contributed by atoms with E-state index >= 15 is 0 Å². The molecule has 31 heavy (non-hydrogen) atoms. The fourth-order valence-electron chi connectivity index (χ4n) is 3.27. The molecule has 4 heterocycles. The third-order valence-electron chi connectivity index (χ3n) is 4.63. The molecule has 4 aromatic heterocycles. The standard InChI is InChI=1S/C22H18F2N6O/c1-31-19-10-9-14(13-28-19)30(18-8-2-7-17(25)29-18)20(15-5-3-11-26-21(15)23)16-6-4-12-27-22(16)24/h2-13,20H,1H3,(H2,25,29). The molecule has 0 radical (unpaired) electrons. The zero-order valence-corrected chi connectivity index (χ0v) is 16.5. The van der Waals surface area contributed by atoms with Gasteiger partial charge in [-0.1, -0.05) is 18.2 Å². The quantitative estimate of drug-likeness (QED) is 0.471. The summed E-state index contributed by atoms with van der Waals surface area (Å²) in [5.74, 6) is -0.484. The van der Waals surface area contributed by atoms with E-state index < -0.39 is 17.9 Å². The Kier molecular flexibility index (Phi) is 5.65. The predicted octanol–water partition coefficient (Wildman–Crippen LogP) is 4.06. The summed E-state index contributed by atoms with van der Waals surface area (Å²) < 4.78 is 34.9. The highest BCUT2D eigenvalue weighted by Gasteiger charge is 2.31. The van der Waals surface area contributed by atoms with E-state index in [1.54, 1.807) is 47.4 Å². The molecule has 0 saturated carbocycles. The van der Waals surface area contributed by atoms with Crippen molar-refractivity contribution >= 4 is 17.3 Å². The smallest absolute Gasteiger partial charge is 0.218 e. The molecule has 0 aliphatic carbocycles. The molecule has 0 aliphatic rings. The highest BCUT2D eigenvalue weighted by atomic mass is 19.1. The van der Waals surface area contributed by atoms with Crippen molar-refractivity contribution in [2.75, 3.05) is 17.7 Å². The van der Waals surface area contributed by atoms with Gasteiger partial charge in [-0.15, -0.1) is 0 Å². The summed E-state index contributed by atoms with van der Waals surface area (Å²) in [7, 11) is 1.50. The summed E-state index contributed by atoms with van der Waals surface area (Å²) in [6.07, 6.45) is 4.18. The molecule has 0 spiro atoms. The number of hydrogen-bond donors (Lipinski definition) is 1. The molecule has 0 aliphatic heterocycles. The van der Waals surface area contributed by atoms with Crippen LogP contribution in [0.25, 0.3) is 0 Å². The zero-order chi connectivity index (χ0) is 21.8. The Morgan fingerprint density at radius 3 is 2.06 bits per heavy atom. The van der Waals surface area contributed by atoms with E-state index in [2.05, 4.69) is 19.9 Å². The molecule has 0 atom stereocenters. The second-order valence-electron chi connectivity index (χ2n) is 6.52. The van der Waals surface area contributed by atoms with E-state index in [1.807, 2.05) is 0 Å². The van der Waals surface area contributed by atoms with Crippen molar-refractivity contribution in [2.24, 2.45) is 0 Å². The monoisotopic (exact) mass is 420 g/mol. The number of rotatable bonds is 6. The van der Waals surface area contributed by atoms with Crippen molar-refractivity contribution in [2.45, 2.75) is 6.04 Å². The van der Waals surface area contributed by atoms with Crippen LogP contribution in [0.4, 0.5) is 26.1 Å². The van der Waals surface area contributed by atoms with E-state index in [4.69, 9.17) is 10.5 Å². The van der Waals surface area contributed by atoms with Crippen molar-refractivity contribution in [1.29, 1.82) is 0 Å². The maximum atomic E-state index is 14.9. The minimum absolute atomic E-state index is 0.134. The number of nitrogens with zero attached hydrogens (tertiary/aromatic N) is 5. The lowest BCUT2D eigenvalue weighted by molar-refractivity contribution is 0.398. The second-order valence-corrected chi connectivity index (χ2v) is 6.52. The van der Waals surface area contributed by atoms with Crippen LogP contribution >= 0.6 is 0 Å². The van der Waals surface area contributed by atoms with Crippen molar-refractivity contribution in [3.05, 3.63) is 96.2 Å². The SMILES string of the molecule is COc1ccc(N(c2cccc(N)n2)C(c2cccnc2F)c2cccnc2F)cn1. The van der Waals surface area contributed by atoms with Crippen molar-refractivity contribution in [1.82, 2.24) is 19.9 Å². The summed E-state index contributed by atoms with van der Waals surface area (Å²) in [6.45, 7) is 0. The number of methoxy groups -OCH3 is 1. The van der Waals surface area contributed by atoms with E-state index in [1.165, 1.54) is 37.8 Å². The molecule has 4 aromatic rings. The number of nitrogen functional groups attached to an aromatic ring is 1. The Hall–Kier alpha value is -4.14. The van der Waals surface area contributed by atoms with Gasteiger partial charge in [-0.2, -0.15) is 8.78 Å². The first-order valence-electron chi connectivity index (χ1n) is 9.31. The number of halogens is 2. The van der Waals surface area contributed by atoms with Gasteiger partial charge >= 0.3 is 0 Å². The fourth-order valence-corrected chi connectivity index (χ4v) is 3.27. The first-order chi connectivity index (χ1) is 15.1. The van der Waals surface area contributed by atoms with Crippen LogP contribution in [-0.4, -0.2) is 27.0 Å². The van der Waals surface area contributed by atoms with Crippen molar-refractivity contribution in [3.8, 4) is 5.88 Å². The van der Waals surface area contributed by atoms with Gasteiger partial charge in [0.15, 0.2) is 0 Å². The largest absolute Gasteiger partial charge is 0.481 e. The molecule has 0 bridgehead atoms. The molecule has 0 fully saturated rings. The number of hydrogen-bond acceptors (Lipinski definition) is 7. The van der Waals surface area contributed by atoms with Gasteiger partial charge in [0.2, 0.25) is 17.8 Å². The Morgan fingerprint density at radius 1 is 0.871 bits per heavy atom. The maximum Gasteiger partial charge on any atom is 0.218 e. The molecule has 156 valence electrons. The minimum Gasteiger partial charge on any atom is -0.481 e. The second kappa shape index (κ2) is 8.70. The summed E-state index contributed by atoms with van der Waals surface area (Å²) in [4.78, 5) is 17.8. The Morgan fingerprint density at radius 2 is 1.55 bits per heavy atom. The number of aromatic nitrogens is 4. The maximum absolute atomic E-state index is 14.9. The Labute approximate surface area is 177 Å². The predicted molar refractivity (Wildman–Crippen MR) is 112 cm³/mol. The molecule has 9 heteroatoms. The van der Waals surface area contributed by atoms with E-state index in [9.17, 15) is 8.78 Å². The topological polar surface area (TPSA) is 90.1 Å². The average Bonchev–Trinajstić information content (AvgIpc) is 2.79. The van der Waals surface area contributed by atoms with E-state index in [-0.39, 0.29) is 16.9 Å². The normalized spacial score (nSPS) is 10.8. The molecule has 0 unspecified atom stereocenters. The summed E-state index contributed by atoms with van der Waals surface area (Å²) in [5.41, 5.74) is 6.69. The van der Waals surface area contributed by atoms with Gasteiger partial charge in [-0.3, -0.25) is 0 Å².